The molecular formula is C22H26N4O. The Morgan fingerprint density at radius 3 is 2.67 bits per heavy atom. The minimum absolute atomic E-state index is 0.0744. The minimum atomic E-state index is -0.0744. The standard InChI is InChI=1S/C22H26N4O/c23-16-2-4-18(20(13-16)26-11-8-22(6-7-22)9-12-26)21(27)25-17-3-1-15-5-10-24-19(15)14-17/h1-4,13-14,24H,5-12,23H2,(H,25,27). The van der Waals surface area contributed by atoms with Crippen molar-refractivity contribution in [1.82, 2.24) is 0 Å². The second-order valence-electron chi connectivity index (χ2n) is 8.27. The summed E-state index contributed by atoms with van der Waals surface area (Å²) in [6.45, 7) is 2.98. The molecule has 27 heavy (non-hydrogen) atoms. The monoisotopic (exact) mass is 362 g/mol. The molecule has 4 N–H and O–H groups in total. The summed E-state index contributed by atoms with van der Waals surface area (Å²) in [5.74, 6) is -0.0744. The van der Waals surface area contributed by atoms with E-state index in [2.05, 4.69) is 21.6 Å². The molecule has 0 aromatic heterocycles. The maximum Gasteiger partial charge on any atom is 0.257 e. The van der Waals surface area contributed by atoms with E-state index in [0.717, 1.165) is 43.1 Å². The Labute approximate surface area is 159 Å². The maximum atomic E-state index is 13.0. The Morgan fingerprint density at radius 2 is 1.89 bits per heavy atom. The van der Waals surface area contributed by atoms with Crippen molar-refractivity contribution >= 4 is 28.7 Å². The number of nitrogen functional groups attached to an aromatic ring is 1. The highest BCUT2D eigenvalue weighted by atomic mass is 16.1. The lowest BCUT2D eigenvalue weighted by Crippen LogP contribution is -2.35. The molecule has 3 aliphatic rings. The molecule has 0 radical (unpaired) electrons. The van der Waals surface area contributed by atoms with Gasteiger partial charge in [0.15, 0.2) is 0 Å². The molecule has 2 aliphatic heterocycles. The normalized spacial score (nSPS) is 19.5. The molecule has 1 saturated carbocycles. The van der Waals surface area contributed by atoms with E-state index in [1.54, 1.807) is 0 Å². The van der Waals surface area contributed by atoms with Gasteiger partial charge in [-0.15, -0.1) is 0 Å². The first-order chi connectivity index (χ1) is 13.1. The van der Waals surface area contributed by atoms with Crippen LogP contribution in [0.5, 0.6) is 0 Å². The van der Waals surface area contributed by atoms with Crippen LogP contribution in [0.25, 0.3) is 0 Å². The molecule has 0 unspecified atom stereocenters. The molecule has 5 rings (SSSR count). The number of nitrogens with two attached hydrogens (primary N) is 1. The SMILES string of the molecule is Nc1ccc(C(=O)Nc2ccc3c(c2)NCC3)c(N2CCC3(CC2)CC3)c1. The molecule has 2 fully saturated rings. The molecule has 1 saturated heterocycles. The van der Waals surface area contributed by atoms with E-state index in [4.69, 9.17) is 5.73 Å². The summed E-state index contributed by atoms with van der Waals surface area (Å²) in [7, 11) is 0. The van der Waals surface area contributed by atoms with E-state index in [0.29, 0.717) is 16.7 Å². The first-order valence-electron chi connectivity index (χ1n) is 9.95. The fourth-order valence-electron chi connectivity index (χ4n) is 4.47. The van der Waals surface area contributed by atoms with Gasteiger partial charge in [-0.25, -0.2) is 0 Å². The number of rotatable bonds is 3. The number of nitrogens with one attached hydrogen (secondary N) is 2. The molecule has 0 atom stereocenters. The van der Waals surface area contributed by atoms with Crippen LogP contribution >= 0.6 is 0 Å². The van der Waals surface area contributed by atoms with Crippen LogP contribution in [0.3, 0.4) is 0 Å². The summed E-state index contributed by atoms with van der Waals surface area (Å²) < 4.78 is 0. The Kier molecular flexibility index (Phi) is 3.78. The number of amides is 1. The molecule has 2 aromatic rings. The van der Waals surface area contributed by atoms with Gasteiger partial charge in [-0.3, -0.25) is 4.79 Å². The molecule has 140 valence electrons. The van der Waals surface area contributed by atoms with Gasteiger partial charge in [0.05, 0.1) is 11.3 Å². The summed E-state index contributed by atoms with van der Waals surface area (Å²) in [5, 5.41) is 6.43. The summed E-state index contributed by atoms with van der Waals surface area (Å²) >= 11 is 0. The average molecular weight is 362 g/mol. The number of benzene rings is 2. The highest BCUT2D eigenvalue weighted by molar-refractivity contribution is 6.08. The Morgan fingerprint density at radius 1 is 1.07 bits per heavy atom. The van der Waals surface area contributed by atoms with Crippen molar-refractivity contribution in [3.05, 3.63) is 47.5 Å². The fourth-order valence-corrected chi connectivity index (χ4v) is 4.47. The van der Waals surface area contributed by atoms with Gasteiger partial charge < -0.3 is 21.3 Å². The quantitative estimate of drug-likeness (QED) is 0.725. The lowest BCUT2D eigenvalue weighted by molar-refractivity contribution is 0.102. The zero-order chi connectivity index (χ0) is 18.4. The number of nitrogens with zero attached hydrogens (tertiary/aromatic N) is 1. The lowest BCUT2D eigenvalue weighted by atomic mass is 9.93. The van der Waals surface area contributed by atoms with E-state index >= 15 is 0 Å². The fraction of sp³-hybridized carbons (Fsp3) is 0.409. The Hall–Kier alpha value is -2.69. The number of piperidine rings is 1. The van der Waals surface area contributed by atoms with Crippen LogP contribution in [-0.2, 0) is 6.42 Å². The van der Waals surface area contributed by atoms with Crippen molar-refractivity contribution in [2.24, 2.45) is 5.41 Å². The van der Waals surface area contributed by atoms with Crippen LogP contribution in [-0.4, -0.2) is 25.5 Å². The molecule has 0 bridgehead atoms. The number of carbonyl (C=O) groups is 1. The van der Waals surface area contributed by atoms with Crippen LogP contribution < -0.4 is 21.3 Å². The molecule has 5 nitrogen and oxygen atoms in total. The summed E-state index contributed by atoms with van der Waals surface area (Å²) in [4.78, 5) is 15.4. The Balaban J connectivity index is 1.38. The van der Waals surface area contributed by atoms with Crippen molar-refractivity contribution in [2.45, 2.75) is 32.1 Å². The van der Waals surface area contributed by atoms with E-state index in [9.17, 15) is 4.79 Å². The van der Waals surface area contributed by atoms with E-state index in [1.165, 1.54) is 31.2 Å². The first-order valence-corrected chi connectivity index (χ1v) is 9.95. The summed E-state index contributed by atoms with van der Waals surface area (Å²) in [6, 6.07) is 11.7. The van der Waals surface area contributed by atoms with Crippen molar-refractivity contribution in [3.63, 3.8) is 0 Å². The molecule has 1 amide bonds. The predicted octanol–water partition coefficient (Wildman–Crippen LogP) is 3.87. The third kappa shape index (κ3) is 3.11. The third-order valence-corrected chi connectivity index (χ3v) is 6.47. The largest absolute Gasteiger partial charge is 0.399 e. The zero-order valence-electron chi connectivity index (χ0n) is 15.6. The number of hydrogen-bond acceptors (Lipinski definition) is 4. The number of carbonyl (C=O) groups excluding carboxylic acids is 1. The van der Waals surface area contributed by atoms with Gasteiger partial charge in [0.2, 0.25) is 0 Å². The zero-order valence-corrected chi connectivity index (χ0v) is 15.6. The van der Waals surface area contributed by atoms with Gasteiger partial charge in [-0.1, -0.05) is 6.07 Å². The number of hydrogen-bond donors (Lipinski definition) is 3. The van der Waals surface area contributed by atoms with E-state index < -0.39 is 0 Å². The van der Waals surface area contributed by atoms with Crippen molar-refractivity contribution in [2.75, 3.05) is 40.9 Å². The topological polar surface area (TPSA) is 70.4 Å². The van der Waals surface area contributed by atoms with Crippen LogP contribution in [0, 0.1) is 5.41 Å². The Bertz CT molecular complexity index is 893. The van der Waals surface area contributed by atoms with Gasteiger partial charge in [0.1, 0.15) is 0 Å². The highest BCUT2D eigenvalue weighted by Crippen LogP contribution is 2.54. The maximum absolute atomic E-state index is 13.0. The second-order valence-corrected chi connectivity index (χ2v) is 8.27. The van der Waals surface area contributed by atoms with Gasteiger partial charge >= 0.3 is 0 Å². The van der Waals surface area contributed by atoms with Gasteiger partial charge in [-0.2, -0.15) is 0 Å². The summed E-state index contributed by atoms with van der Waals surface area (Å²) in [6.07, 6.45) is 6.23. The van der Waals surface area contributed by atoms with Gasteiger partial charge in [0.25, 0.3) is 5.91 Å². The molecular weight excluding hydrogens is 336 g/mol. The van der Waals surface area contributed by atoms with Crippen molar-refractivity contribution < 1.29 is 4.79 Å². The second kappa shape index (κ2) is 6.19. The number of anilines is 4. The van der Waals surface area contributed by atoms with Crippen molar-refractivity contribution in [3.8, 4) is 0 Å². The van der Waals surface area contributed by atoms with Crippen LogP contribution in [0.1, 0.15) is 41.6 Å². The summed E-state index contributed by atoms with van der Waals surface area (Å²) in [5.41, 5.74) is 12.3. The van der Waals surface area contributed by atoms with Crippen LogP contribution in [0.4, 0.5) is 22.7 Å². The highest BCUT2D eigenvalue weighted by Gasteiger charge is 2.44. The minimum Gasteiger partial charge on any atom is -0.399 e. The molecule has 2 aromatic carbocycles. The van der Waals surface area contributed by atoms with E-state index in [1.807, 2.05) is 30.3 Å². The van der Waals surface area contributed by atoms with Gasteiger partial charge in [-0.05, 0) is 73.4 Å². The number of fused-ring (bicyclic) bond motifs is 1. The van der Waals surface area contributed by atoms with Crippen LogP contribution in [0.15, 0.2) is 36.4 Å². The molecule has 5 heteroatoms. The van der Waals surface area contributed by atoms with E-state index in [-0.39, 0.29) is 5.91 Å². The smallest absolute Gasteiger partial charge is 0.257 e. The molecule has 1 spiro atoms. The van der Waals surface area contributed by atoms with Crippen LogP contribution in [0.2, 0.25) is 0 Å². The van der Waals surface area contributed by atoms with Crippen molar-refractivity contribution in [1.29, 1.82) is 0 Å². The predicted molar refractivity (Wildman–Crippen MR) is 111 cm³/mol. The van der Waals surface area contributed by atoms with Gasteiger partial charge in [0, 0.05) is 36.7 Å². The lowest BCUT2D eigenvalue weighted by Gasteiger charge is -2.35. The third-order valence-electron chi connectivity index (χ3n) is 6.47. The molecule has 2 heterocycles. The average Bonchev–Trinajstić information content (AvgIpc) is 3.25. The molecule has 1 aliphatic carbocycles. The first kappa shape index (κ1) is 16.5.